The van der Waals surface area contributed by atoms with Gasteiger partial charge in [-0.3, -0.25) is 19.5 Å². The number of hydrogen-bond donors (Lipinski definition) is 1. The van der Waals surface area contributed by atoms with Gasteiger partial charge in [-0.25, -0.2) is 0 Å². The summed E-state index contributed by atoms with van der Waals surface area (Å²) in [6.45, 7) is 0. The summed E-state index contributed by atoms with van der Waals surface area (Å²) in [6, 6.07) is 16.3. The molecule has 0 radical (unpaired) electrons. The lowest BCUT2D eigenvalue weighted by molar-refractivity contribution is -0.132. The van der Waals surface area contributed by atoms with Crippen LogP contribution in [0.5, 0.6) is 0 Å². The van der Waals surface area contributed by atoms with Crippen LogP contribution in [0.15, 0.2) is 83.1 Å². The van der Waals surface area contributed by atoms with Gasteiger partial charge in [0.15, 0.2) is 0 Å². The SMILES string of the molecule is O=C1C(=O)N(c2cccnc2)[C@H](c2ccc(Br)cc2)C1=C(O)c1ccc(Cl)cc1. The van der Waals surface area contributed by atoms with Crippen LogP contribution < -0.4 is 4.90 Å². The number of Topliss-reactive ketones (excluding diaryl/α,β-unsaturated/α-hetero) is 1. The Kier molecular flexibility index (Phi) is 5.22. The zero-order valence-electron chi connectivity index (χ0n) is 14.9. The lowest BCUT2D eigenvalue weighted by Crippen LogP contribution is -2.29. The molecule has 1 amide bonds. The lowest BCUT2D eigenvalue weighted by atomic mass is 9.95. The highest BCUT2D eigenvalue weighted by atomic mass is 79.9. The molecule has 1 saturated heterocycles. The maximum absolute atomic E-state index is 13.0. The predicted octanol–water partition coefficient (Wildman–Crippen LogP) is 5.12. The third-order valence-electron chi connectivity index (χ3n) is 4.67. The summed E-state index contributed by atoms with van der Waals surface area (Å²) in [5, 5.41) is 11.5. The van der Waals surface area contributed by atoms with E-state index in [0.717, 1.165) is 4.47 Å². The number of aliphatic hydroxyl groups is 1. The molecule has 1 aromatic heterocycles. The molecule has 0 aliphatic carbocycles. The largest absolute Gasteiger partial charge is 0.507 e. The van der Waals surface area contributed by atoms with Crippen molar-refractivity contribution in [1.82, 2.24) is 4.98 Å². The van der Waals surface area contributed by atoms with E-state index in [1.165, 1.54) is 11.1 Å². The van der Waals surface area contributed by atoms with Crippen molar-refractivity contribution < 1.29 is 14.7 Å². The van der Waals surface area contributed by atoms with Gasteiger partial charge < -0.3 is 5.11 Å². The van der Waals surface area contributed by atoms with Crippen molar-refractivity contribution in [2.45, 2.75) is 6.04 Å². The van der Waals surface area contributed by atoms with Crippen LogP contribution in [0.1, 0.15) is 17.2 Å². The molecule has 0 unspecified atom stereocenters. The van der Waals surface area contributed by atoms with Gasteiger partial charge in [0.2, 0.25) is 0 Å². The van der Waals surface area contributed by atoms with Crippen LogP contribution in [-0.2, 0) is 9.59 Å². The molecule has 0 bridgehead atoms. The van der Waals surface area contributed by atoms with Gasteiger partial charge >= 0.3 is 0 Å². The summed E-state index contributed by atoms with van der Waals surface area (Å²) in [7, 11) is 0. The average Bonchev–Trinajstić information content (AvgIpc) is 3.00. The van der Waals surface area contributed by atoms with E-state index in [9.17, 15) is 14.7 Å². The van der Waals surface area contributed by atoms with Crippen LogP contribution in [0, 0.1) is 0 Å². The van der Waals surface area contributed by atoms with Crippen molar-refractivity contribution in [2.75, 3.05) is 4.90 Å². The summed E-state index contributed by atoms with van der Waals surface area (Å²) in [5.41, 5.74) is 1.58. The lowest BCUT2D eigenvalue weighted by Gasteiger charge is -2.25. The van der Waals surface area contributed by atoms with E-state index in [-0.39, 0.29) is 11.3 Å². The molecular formula is C22H14BrClN2O3. The smallest absolute Gasteiger partial charge is 0.300 e. The number of nitrogens with zero attached hydrogens (tertiary/aromatic N) is 2. The van der Waals surface area contributed by atoms with Crippen LogP contribution in [0.3, 0.4) is 0 Å². The van der Waals surface area contributed by atoms with Gasteiger partial charge in [0, 0.05) is 21.3 Å². The van der Waals surface area contributed by atoms with E-state index in [4.69, 9.17) is 11.6 Å². The number of aromatic nitrogens is 1. The minimum Gasteiger partial charge on any atom is -0.507 e. The monoisotopic (exact) mass is 468 g/mol. The van der Waals surface area contributed by atoms with Gasteiger partial charge in [0.05, 0.1) is 23.5 Å². The molecule has 1 N–H and O–H groups in total. The number of amides is 1. The molecule has 1 aliphatic rings. The third-order valence-corrected chi connectivity index (χ3v) is 5.45. The first-order valence-electron chi connectivity index (χ1n) is 8.70. The van der Waals surface area contributed by atoms with E-state index < -0.39 is 17.7 Å². The zero-order valence-corrected chi connectivity index (χ0v) is 17.3. The van der Waals surface area contributed by atoms with Crippen LogP contribution in [0.2, 0.25) is 5.02 Å². The van der Waals surface area contributed by atoms with Crippen molar-refractivity contribution in [3.63, 3.8) is 0 Å². The third kappa shape index (κ3) is 3.57. The van der Waals surface area contributed by atoms with E-state index in [1.54, 1.807) is 54.7 Å². The Labute approximate surface area is 180 Å². The van der Waals surface area contributed by atoms with E-state index >= 15 is 0 Å². The Bertz CT molecular complexity index is 1110. The first kappa shape index (κ1) is 19.4. The second kappa shape index (κ2) is 7.81. The highest BCUT2D eigenvalue weighted by Gasteiger charge is 2.47. The number of ketones is 1. The minimum absolute atomic E-state index is 0.0171. The quantitative estimate of drug-likeness (QED) is 0.328. The zero-order chi connectivity index (χ0) is 20.5. The molecule has 0 spiro atoms. The van der Waals surface area contributed by atoms with Gasteiger partial charge in [0.25, 0.3) is 11.7 Å². The number of benzene rings is 2. The molecule has 144 valence electrons. The Morgan fingerprint density at radius 2 is 1.72 bits per heavy atom. The number of anilines is 1. The van der Waals surface area contributed by atoms with Gasteiger partial charge in [-0.1, -0.05) is 39.7 Å². The van der Waals surface area contributed by atoms with Crippen molar-refractivity contribution in [2.24, 2.45) is 0 Å². The highest BCUT2D eigenvalue weighted by molar-refractivity contribution is 9.10. The summed E-state index contributed by atoms with van der Waals surface area (Å²) in [6.07, 6.45) is 3.10. The molecule has 1 fully saturated rings. The molecule has 5 nitrogen and oxygen atoms in total. The van der Waals surface area contributed by atoms with Crippen LogP contribution in [-0.4, -0.2) is 21.8 Å². The number of halogens is 2. The standard InChI is InChI=1S/C22H14BrClN2O3/c23-15-7-3-13(4-8-15)19-18(20(27)14-5-9-16(24)10-6-14)21(28)22(29)26(19)17-2-1-11-25-12-17/h1-12,19,27H/t19-/m1/s1. The second-order valence-corrected chi connectivity index (χ2v) is 7.79. The first-order chi connectivity index (χ1) is 14.0. The van der Waals surface area contributed by atoms with Crippen molar-refractivity contribution in [3.8, 4) is 0 Å². The highest BCUT2D eigenvalue weighted by Crippen LogP contribution is 2.42. The molecule has 4 rings (SSSR count). The second-order valence-electron chi connectivity index (χ2n) is 6.44. The number of aliphatic hydroxyl groups excluding tert-OH is 1. The van der Waals surface area contributed by atoms with Crippen molar-refractivity contribution >= 4 is 50.7 Å². The van der Waals surface area contributed by atoms with Gasteiger partial charge in [0.1, 0.15) is 5.76 Å². The van der Waals surface area contributed by atoms with Crippen molar-refractivity contribution in [1.29, 1.82) is 0 Å². The molecule has 3 aromatic rings. The molecule has 29 heavy (non-hydrogen) atoms. The molecule has 1 aliphatic heterocycles. The van der Waals surface area contributed by atoms with E-state index in [2.05, 4.69) is 20.9 Å². The average molecular weight is 470 g/mol. The number of carbonyl (C=O) groups is 2. The molecule has 0 saturated carbocycles. The fraction of sp³-hybridized carbons (Fsp3) is 0.0455. The number of carbonyl (C=O) groups excluding carboxylic acids is 2. The van der Waals surface area contributed by atoms with Gasteiger partial charge in [-0.05, 0) is 54.1 Å². The normalized spacial score (nSPS) is 18.3. The minimum atomic E-state index is -0.789. The fourth-order valence-electron chi connectivity index (χ4n) is 3.32. The fourth-order valence-corrected chi connectivity index (χ4v) is 3.71. The molecule has 2 aromatic carbocycles. The Balaban J connectivity index is 1.94. The molecular weight excluding hydrogens is 456 g/mol. The Hall–Kier alpha value is -2.96. The van der Waals surface area contributed by atoms with Crippen LogP contribution in [0.25, 0.3) is 5.76 Å². The number of rotatable bonds is 3. The van der Waals surface area contributed by atoms with E-state index in [1.807, 2.05) is 12.1 Å². The molecule has 1 atom stereocenters. The number of hydrogen-bond acceptors (Lipinski definition) is 4. The Morgan fingerprint density at radius 1 is 1.03 bits per heavy atom. The summed E-state index contributed by atoms with van der Waals surface area (Å²) in [5.74, 6) is -1.73. The summed E-state index contributed by atoms with van der Waals surface area (Å²) in [4.78, 5) is 31.3. The number of pyridine rings is 1. The topological polar surface area (TPSA) is 70.5 Å². The van der Waals surface area contributed by atoms with Gasteiger partial charge in [-0.15, -0.1) is 0 Å². The summed E-state index contributed by atoms with van der Waals surface area (Å²) >= 11 is 9.33. The predicted molar refractivity (Wildman–Crippen MR) is 115 cm³/mol. The van der Waals surface area contributed by atoms with Crippen LogP contribution in [0.4, 0.5) is 5.69 Å². The van der Waals surface area contributed by atoms with Crippen molar-refractivity contribution in [3.05, 3.63) is 99.3 Å². The summed E-state index contributed by atoms with van der Waals surface area (Å²) < 4.78 is 0.859. The maximum Gasteiger partial charge on any atom is 0.300 e. The molecule has 2 heterocycles. The molecule has 7 heteroatoms. The Morgan fingerprint density at radius 3 is 2.34 bits per heavy atom. The van der Waals surface area contributed by atoms with Crippen LogP contribution >= 0.6 is 27.5 Å². The first-order valence-corrected chi connectivity index (χ1v) is 9.87. The van der Waals surface area contributed by atoms with E-state index in [0.29, 0.717) is 21.8 Å². The maximum atomic E-state index is 13.0. The van der Waals surface area contributed by atoms with Gasteiger partial charge in [-0.2, -0.15) is 0 Å².